The molecule has 0 saturated heterocycles. The fourth-order valence-corrected chi connectivity index (χ4v) is 0.942. The zero-order valence-corrected chi connectivity index (χ0v) is 6.35. The van der Waals surface area contributed by atoms with Gasteiger partial charge >= 0.3 is 5.97 Å². The molecule has 4 N–H and O–H groups in total. The van der Waals surface area contributed by atoms with Crippen molar-refractivity contribution in [2.75, 3.05) is 6.54 Å². The van der Waals surface area contributed by atoms with Crippen LogP contribution < -0.4 is 11.1 Å². The summed E-state index contributed by atoms with van der Waals surface area (Å²) in [4.78, 5) is 10.4. The number of nitrogens with one attached hydrogen (secondary N) is 1. The van der Waals surface area contributed by atoms with Crippen LogP contribution in [0.2, 0.25) is 0 Å². The predicted molar refractivity (Wildman–Crippen MR) is 40.8 cm³/mol. The van der Waals surface area contributed by atoms with Crippen molar-refractivity contribution < 1.29 is 9.90 Å². The molecule has 0 fully saturated rings. The first-order valence-corrected chi connectivity index (χ1v) is 3.32. The number of hydrogen-bond donors (Lipinski definition) is 3. The zero-order valence-electron chi connectivity index (χ0n) is 5.60. The van der Waals surface area contributed by atoms with E-state index in [1.54, 1.807) is 0 Å². The van der Waals surface area contributed by atoms with Crippen LogP contribution in [0.15, 0.2) is 22.5 Å². The Labute approximate surface area is 68.3 Å². The van der Waals surface area contributed by atoms with Crippen LogP contribution in [0.5, 0.6) is 0 Å². The third kappa shape index (κ3) is 1.46. The molecule has 0 unspecified atom stereocenters. The summed E-state index contributed by atoms with van der Waals surface area (Å²) < 4.78 is 0. The third-order valence-electron chi connectivity index (χ3n) is 1.35. The fourth-order valence-electron chi connectivity index (χ4n) is 0.751. The van der Waals surface area contributed by atoms with Crippen molar-refractivity contribution in [1.29, 1.82) is 0 Å². The Hall–Kier alpha value is -1.16. The van der Waals surface area contributed by atoms with Crippen LogP contribution in [-0.2, 0) is 4.79 Å². The SMILES string of the molecule is NC1=C(C(=O)O)CNC=C1Cl. The molecule has 5 heteroatoms. The molecule has 1 aliphatic rings. The van der Waals surface area contributed by atoms with E-state index in [4.69, 9.17) is 22.4 Å². The first kappa shape index (κ1) is 7.94. The Kier molecular flexibility index (Phi) is 2.05. The number of carboxylic acids is 1. The highest BCUT2D eigenvalue weighted by Gasteiger charge is 2.16. The van der Waals surface area contributed by atoms with E-state index in [1.165, 1.54) is 6.20 Å². The summed E-state index contributed by atoms with van der Waals surface area (Å²) in [7, 11) is 0. The van der Waals surface area contributed by atoms with Crippen molar-refractivity contribution in [2.45, 2.75) is 0 Å². The van der Waals surface area contributed by atoms with E-state index < -0.39 is 5.97 Å². The van der Waals surface area contributed by atoms with Crippen LogP contribution in [0.1, 0.15) is 0 Å². The maximum Gasteiger partial charge on any atom is 0.335 e. The van der Waals surface area contributed by atoms with Gasteiger partial charge in [-0.25, -0.2) is 4.79 Å². The summed E-state index contributed by atoms with van der Waals surface area (Å²) in [5, 5.41) is 11.5. The molecule has 60 valence electrons. The highest BCUT2D eigenvalue weighted by atomic mass is 35.5. The molecule has 0 radical (unpaired) electrons. The van der Waals surface area contributed by atoms with Gasteiger partial charge in [-0.3, -0.25) is 0 Å². The van der Waals surface area contributed by atoms with E-state index in [1.807, 2.05) is 0 Å². The standard InChI is InChI=1S/C6H7ClN2O2/c7-4-2-9-1-3(5(4)8)6(10)11/h2,9H,1,8H2,(H,10,11). The van der Waals surface area contributed by atoms with Crippen molar-refractivity contribution in [3.05, 3.63) is 22.5 Å². The number of dihydropyridines is 1. The average Bonchev–Trinajstić information content (AvgIpc) is 1.94. The Morgan fingerprint density at radius 3 is 2.91 bits per heavy atom. The number of nitrogens with two attached hydrogens (primary N) is 1. The minimum Gasteiger partial charge on any atom is -0.478 e. The molecule has 4 nitrogen and oxygen atoms in total. The van der Waals surface area contributed by atoms with Gasteiger partial charge in [0.1, 0.15) is 0 Å². The molecule has 1 aliphatic heterocycles. The second-order valence-electron chi connectivity index (χ2n) is 2.07. The molecular formula is C6H7ClN2O2. The third-order valence-corrected chi connectivity index (χ3v) is 1.66. The normalized spacial score (nSPS) is 17.4. The second-order valence-corrected chi connectivity index (χ2v) is 2.48. The van der Waals surface area contributed by atoms with Gasteiger partial charge < -0.3 is 16.2 Å². The van der Waals surface area contributed by atoms with Gasteiger partial charge in [0, 0.05) is 12.7 Å². The van der Waals surface area contributed by atoms with Gasteiger partial charge in [0.25, 0.3) is 0 Å². The number of carbonyl (C=O) groups is 1. The van der Waals surface area contributed by atoms with Crippen LogP contribution in [-0.4, -0.2) is 17.6 Å². The minimum atomic E-state index is -1.04. The molecular weight excluding hydrogens is 168 g/mol. The molecule has 0 spiro atoms. The van der Waals surface area contributed by atoms with Crippen molar-refractivity contribution in [3.8, 4) is 0 Å². The maximum absolute atomic E-state index is 10.4. The van der Waals surface area contributed by atoms with Crippen LogP contribution >= 0.6 is 11.6 Å². The fraction of sp³-hybridized carbons (Fsp3) is 0.167. The van der Waals surface area contributed by atoms with E-state index >= 15 is 0 Å². The monoisotopic (exact) mass is 174 g/mol. The number of hydrogen-bond acceptors (Lipinski definition) is 3. The molecule has 1 heterocycles. The van der Waals surface area contributed by atoms with Gasteiger partial charge in [0.05, 0.1) is 16.3 Å². The molecule has 11 heavy (non-hydrogen) atoms. The van der Waals surface area contributed by atoms with Gasteiger partial charge in [0.2, 0.25) is 0 Å². The van der Waals surface area contributed by atoms with E-state index in [9.17, 15) is 4.79 Å². The smallest absolute Gasteiger partial charge is 0.335 e. The van der Waals surface area contributed by atoms with Crippen LogP contribution in [0.25, 0.3) is 0 Å². The first-order valence-electron chi connectivity index (χ1n) is 2.94. The minimum absolute atomic E-state index is 0.109. The summed E-state index contributed by atoms with van der Waals surface area (Å²) in [5.74, 6) is -1.04. The Balaban J connectivity index is 3.01. The largest absolute Gasteiger partial charge is 0.478 e. The molecule has 0 amide bonds. The number of rotatable bonds is 1. The lowest BCUT2D eigenvalue weighted by atomic mass is 10.1. The molecule has 0 bridgehead atoms. The highest BCUT2D eigenvalue weighted by Crippen LogP contribution is 2.16. The van der Waals surface area contributed by atoms with Crippen molar-refractivity contribution in [2.24, 2.45) is 5.73 Å². The molecule has 0 aliphatic carbocycles. The summed E-state index contributed by atoms with van der Waals surface area (Å²) >= 11 is 5.56. The zero-order chi connectivity index (χ0) is 8.43. The summed E-state index contributed by atoms with van der Waals surface area (Å²) in [5.41, 5.74) is 5.63. The highest BCUT2D eigenvalue weighted by molar-refractivity contribution is 6.32. The lowest BCUT2D eigenvalue weighted by Gasteiger charge is -2.12. The average molecular weight is 175 g/mol. The molecule has 0 aromatic heterocycles. The Morgan fingerprint density at radius 1 is 1.82 bits per heavy atom. The van der Waals surface area contributed by atoms with Crippen molar-refractivity contribution in [1.82, 2.24) is 5.32 Å². The van der Waals surface area contributed by atoms with Gasteiger partial charge in [-0.1, -0.05) is 11.6 Å². The van der Waals surface area contributed by atoms with Crippen LogP contribution in [0, 0.1) is 0 Å². The van der Waals surface area contributed by atoms with Gasteiger partial charge in [-0.2, -0.15) is 0 Å². The number of halogens is 1. The Morgan fingerprint density at radius 2 is 2.45 bits per heavy atom. The summed E-state index contributed by atoms with van der Waals surface area (Å²) in [6, 6.07) is 0. The van der Waals surface area contributed by atoms with Gasteiger partial charge in [0.15, 0.2) is 0 Å². The maximum atomic E-state index is 10.4. The lowest BCUT2D eigenvalue weighted by molar-refractivity contribution is -0.132. The molecule has 0 saturated carbocycles. The number of aliphatic carboxylic acids is 1. The van der Waals surface area contributed by atoms with Gasteiger partial charge in [-0.15, -0.1) is 0 Å². The number of carboxylic acid groups (broad SMARTS) is 1. The summed E-state index contributed by atoms with van der Waals surface area (Å²) in [6.45, 7) is 0.220. The quantitative estimate of drug-likeness (QED) is 0.522. The van der Waals surface area contributed by atoms with Crippen LogP contribution in [0.3, 0.4) is 0 Å². The van der Waals surface area contributed by atoms with Crippen molar-refractivity contribution in [3.63, 3.8) is 0 Å². The van der Waals surface area contributed by atoms with Crippen molar-refractivity contribution >= 4 is 17.6 Å². The van der Waals surface area contributed by atoms with Gasteiger partial charge in [-0.05, 0) is 0 Å². The predicted octanol–water partition coefficient (Wildman–Crippen LogP) is -0.0328. The van der Waals surface area contributed by atoms with Crippen LogP contribution in [0.4, 0.5) is 0 Å². The molecule has 1 rings (SSSR count). The van der Waals surface area contributed by atoms with E-state index in [0.717, 1.165) is 0 Å². The summed E-state index contributed by atoms with van der Waals surface area (Å²) in [6.07, 6.45) is 1.48. The van der Waals surface area contributed by atoms with E-state index in [0.29, 0.717) is 0 Å². The first-order chi connectivity index (χ1) is 5.13. The molecule has 0 atom stereocenters. The topological polar surface area (TPSA) is 75.4 Å². The second kappa shape index (κ2) is 2.84. The Bertz CT molecular complexity index is 257. The number of allylic oxidation sites excluding steroid dienone is 1. The molecule has 0 aromatic carbocycles. The van der Waals surface area contributed by atoms with E-state index in [2.05, 4.69) is 5.32 Å². The molecule has 0 aromatic rings. The lowest BCUT2D eigenvalue weighted by Crippen LogP contribution is -2.25. The van der Waals surface area contributed by atoms with E-state index in [-0.39, 0.29) is 22.8 Å².